The molecular formula is C21H21NO3. The van der Waals surface area contributed by atoms with Crippen LogP contribution in [0.5, 0.6) is 0 Å². The largest absolute Gasteiger partial charge is 0.343 e. The summed E-state index contributed by atoms with van der Waals surface area (Å²) in [7, 11) is 0. The highest BCUT2D eigenvalue weighted by atomic mass is 16.6. The number of ketones is 1. The molecule has 4 rings (SSSR count). The molecular weight excluding hydrogens is 314 g/mol. The Bertz CT molecular complexity index is 768. The van der Waals surface area contributed by atoms with Crippen molar-refractivity contribution in [2.75, 3.05) is 13.1 Å². The maximum absolute atomic E-state index is 13.3. The van der Waals surface area contributed by atoms with E-state index in [0.717, 1.165) is 24.8 Å². The highest BCUT2D eigenvalue weighted by Crippen LogP contribution is 2.52. The number of hydrogen-bond donors (Lipinski definition) is 0. The highest BCUT2D eigenvalue weighted by Gasteiger charge is 2.69. The molecule has 0 unspecified atom stereocenters. The van der Waals surface area contributed by atoms with Crippen molar-refractivity contribution in [3.8, 4) is 0 Å². The van der Waals surface area contributed by atoms with Gasteiger partial charge in [0.2, 0.25) is 11.4 Å². The van der Waals surface area contributed by atoms with Gasteiger partial charge in [-0.1, -0.05) is 60.7 Å². The number of benzene rings is 2. The van der Waals surface area contributed by atoms with Gasteiger partial charge in [-0.25, -0.2) is 0 Å². The van der Waals surface area contributed by atoms with E-state index in [-0.39, 0.29) is 11.7 Å². The smallest absolute Gasteiger partial charge is 0.266 e. The van der Waals surface area contributed by atoms with Crippen LogP contribution in [-0.4, -0.2) is 35.3 Å². The monoisotopic (exact) mass is 335 g/mol. The Morgan fingerprint density at radius 3 is 2.12 bits per heavy atom. The Kier molecular flexibility index (Phi) is 4.14. The number of rotatable bonds is 4. The number of nitrogens with zero attached hydrogens (tertiary/aromatic N) is 1. The number of carbonyl (C=O) groups excluding carboxylic acids is 2. The van der Waals surface area contributed by atoms with Crippen molar-refractivity contribution in [3.05, 3.63) is 71.8 Å². The van der Waals surface area contributed by atoms with Gasteiger partial charge >= 0.3 is 0 Å². The first-order chi connectivity index (χ1) is 12.2. The molecule has 1 amide bonds. The molecule has 128 valence electrons. The summed E-state index contributed by atoms with van der Waals surface area (Å²) in [5.41, 5.74) is -0.0107. The van der Waals surface area contributed by atoms with Crippen LogP contribution in [0.2, 0.25) is 0 Å². The second kappa shape index (κ2) is 6.45. The number of amides is 1. The van der Waals surface area contributed by atoms with E-state index in [9.17, 15) is 9.59 Å². The molecule has 0 aliphatic carbocycles. The fourth-order valence-electron chi connectivity index (χ4n) is 3.65. The lowest BCUT2D eigenvalue weighted by atomic mass is 9.89. The van der Waals surface area contributed by atoms with E-state index in [1.807, 2.05) is 48.5 Å². The zero-order valence-corrected chi connectivity index (χ0v) is 14.1. The topological polar surface area (TPSA) is 49.9 Å². The molecule has 0 radical (unpaired) electrons. The van der Waals surface area contributed by atoms with Gasteiger partial charge in [0.15, 0.2) is 0 Å². The number of likely N-dealkylation sites (tertiary alicyclic amines) is 1. The molecule has 0 spiro atoms. The first-order valence-electron chi connectivity index (χ1n) is 8.85. The van der Waals surface area contributed by atoms with Crippen molar-refractivity contribution in [3.63, 3.8) is 0 Å². The summed E-state index contributed by atoms with van der Waals surface area (Å²) in [6.45, 7) is 1.40. The van der Waals surface area contributed by atoms with E-state index in [1.165, 1.54) is 0 Å². The molecule has 0 saturated carbocycles. The summed E-state index contributed by atoms with van der Waals surface area (Å²) in [5.74, 6) is -0.424. The second-order valence-electron chi connectivity index (χ2n) is 6.69. The van der Waals surface area contributed by atoms with Crippen molar-refractivity contribution < 1.29 is 14.3 Å². The van der Waals surface area contributed by atoms with Gasteiger partial charge < -0.3 is 9.64 Å². The van der Waals surface area contributed by atoms with Gasteiger partial charge in [0.05, 0.1) is 0 Å². The molecule has 25 heavy (non-hydrogen) atoms. The third kappa shape index (κ3) is 2.76. The molecule has 2 saturated heterocycles. The lowest BCUT2D eigenvalue weighted by Gasteiger charge is -2.29. The minimum Gasteiger partial charge on any atom is -0.343 e. The third-order valence-corrected chi connectivity index (χ3v) is 5.05. The fourth-order valence-corrected chi connectivity index (χ4v) is 3.65. The maximum Gasteiger partial charge on any atom is 0.266 e. The van der Waals surface area contributed by atoms with Crippen LogP contribution in [0.3, 0.4) is 0 Å². The quantitative estimate of drug-likeness (QED) is 0.489. The summed E-state index contributed by atoms with van der Waals surface area (Å²) in [5, 5.41) is 0. The molecule has 2 fully saturated rings. The average molecular weight is 335 g/mol. The number of epoxide rings is 1. The van der Waals surface area contributed by atoms with Gasteiger partial charge in [0, 0.05) is 18.7 Å². The van der Waals surface area contributed by atoms with E-state index in [1.54, 1.807) is 17.0 Å². The Morgan fingerprint density at radius 1 is 0.880 bits per heavy atom. The van der Waals surface area contributed by atoms with Crippen LogP contribution < -0.4 is 0 Å². The minimum atomic E-state index is -1.40. The van der Waals surface area contributed by atoms with Crippen LogP contribution in [0.4, 0.5) is 0 Å². The summed E-state index contributed by atoms with van der Waals surface area (Å²) in [4.78, 5) is 28.3. The molecule has 2 aromatic rings. The number of piperidine rings is 1. The number of Topliss-reactive ketones (excluding diaryl/α,β-unsaturated/α-hetero) is 1. The molecule has 4 heteroatoms. The van der Waals surface area contributed by atoms with Gasteiger partial charge in [-0.15, -0.1) is 0 Å². The number of carbonyl (C=O) groups is 2. The molecule has 2 aliphatic heterocycles. The molecule has 0 aromatic heterocycles. The highest BCUT2D eigenvalue weighted by molar-refractivity contribution is 6.19. The van der Waals surface area contributed by atoms with E-state index in [2.05, 4.69) is 0 Å². The number of ether oxygens (including phenoxy) is 1. The molecule has 2 atom stereocenters. The van der Waals surface area contributed by atoms with Crippen molar-refractivity contribution in [1.29, 1.82) is 0 Å². The lowest BCUT2D eigenvalue weighted by Crippen LogP contribution is -2.48. The zero-order valence-electron chi connectivity index (χ0n) is 14.1. The Labute approximate surface area is 147 Å². The predicted molar refractivity (Wildman–Crippen MR) is 94.2 cm³/mol. The Balaban J connectivity index is 1.69. The molecule has 2 heterocycles. The average Bonchev–Trinajstić information content (AvgIpc) is 3.46. The Morgan fingerprint density at radius 2 is 1.48 bits per heavy atom. The summed E-state index contributed by atoms with van der Waals surface area (Å²) < 4.78 is 5.88. The van der Waals surface area contributed by atoms with Crippen molar-refractivity contribution >= 4 is 11.7 Å². The fraction of sp³-hybridized carbons (Fsp3) is 0.333. The van der Waals surface area contributed by atoms with Gasteiger partial charge in [0.25, 0.3) is 5.91 Å². The van der Waals surface area contributed by atoms with Crippen molar-refractivity contribution in [2.45, 2.75) is 31.0 Å². The van der Waals surface area contributed by atoms with Crippen molar-refractivity contribution in [1.82, 2.24) is 4.90 Å². The summed E-state index contributed by atoms with van der Waals surface area (Å²) in [6, 6.07) is 18.5. The van der Waals surface area contributed by atoms with Crippen molar-refractivity contribution in [2.24, 2.45) is 0 Å². The third-order valence-electron chi connectivity index (χ3n) is 5.05. The Hall–Kier alpha value is -2.46. The van der Waals surface area contributed by atoms with Gasteiger partial charge in [-0.2, -0.15) is 0 Å². The molecule has 4 nitrogen and oxygen atoms in total. The first-order valence-corrected chi connectivity index (χ1v) is 8.85. The van der Waals surface area contributed by atoms with Gasteiger partial charge in [0.1, 0.15) is 6.10 Å². The SMILES string of the molecule is O=C(c1ccccc1)[C@@]1(C(=O)N2CCCCC2)O[C@H]1c1ccccc1. The zero-order chi connectivity index (χ0) is 17.3. The van der Waals surface area contributed by atoms with E-state index >= 15 is 0 Å². The summed E-state index contributed by atoms with van der Waals surface area (Å²) in [6.07, 6.45) is 2.59. The first kappa shape index (κ1) is 16.0. The van der Waals surface area contributed by atoms with E-state index in [4.69, 9.17) is 4.74 Å². The lowest BCUT2D eigenvalue weighted by molar-refractivity contribution is -0.136. The molecule has 2 aromatic carbocycles. The second-order valence-corrected chi connectivity index (χ2v) is 6.69. The molecule has 0 N–H and O–H groups in total. The van der Waals surface area contributed by atoms with Crippen LogP contribution in [0.15, 0.2) is 60.7 Å². The van der Waals surface area contributed by atoms with E-state index < -0.39 is 11.7 Å². The normalized spacial score (nSPS) is 25.4. The van der Waals surface area contributed by atoms with Crippen LogP contribution in [-0.2, 0) is 9.53 Å². The van der Waals surface area contributed by atoms with Crippen LogP contribution in [0.1, 0.15) is 41.3 Å². The van der Waals surface area contributed by atoms with E-state index in [0.29, 0.717) is 18.7 Å². The molecule has 2 aliphatic rings. The summed E-state index contributed by atoms with van der Waals surface area (Å²) >= 11 is 0. The standard InChI is InChI=1S/C21H21NO3/c23-18(16-10-4-1-5-11-16)21(20(24)22-14-8-3-9-15-22)19(25-21)17-12-6-2-7-13-17/h1-2,4-7,10-13,19H,3,8-9,14-15H2/t19-,21+/m0/s1. The van der Waals surface area contributed by atoms with Crippen LogP contribution in [0, 0.1) is 0 Å². The van der Waals surface area contributed by atoms with Crippen LogP contribution >= 0.6 is 0 Å². The minimum absolute atomic E-state index is 0.185. The van der Waals surface area contributed by atoms with Gasteiger partial charge in [-0.3, -0.25) is 9.59 Å². The van der Waals surface area contributed by atoms with Gasteiger partial charge in [-0.05, 0) is 24.8 Å². The molecule has 0 bridgehead atoms. The predicted octanol–water partition coefficient (Wildman–Crippen LogP) is 3.39. The number of hydrogen-bond acceptors (Lipinski definition) is 3. The van der Waals surface area contributed by atoms with Crippen LogP contribution in [0.25, 0.3) is 0 Å². The maximum atomic E-state index is 13.3.